The molecular weight excluding hydrogens is 263 g/mol. The van der Waals surface area contributed by atoms with Gasteiger partial charge in [0.1, 0.15) is 11.6 Å². The minimum atomic E-state index is -0.242. The first kappa shape index (κ1) is 14.0. The molecule has 0 aliphatic rings. The zero-order valence-corrected chi connectivity index (χ0v) is 11.8. The first-order valence-electron chi connectivity index (χ1n) is 6.16. The van der Waals surface area contributed by atoms with Gasteiger partial charge in [-0.05, 0) is 19.1 Å². The van der Waals surface area contributed by atoms with Crippen LogP contribution in [0.1, 0.15) is 23.5 Å². The van der Waals surface area contributed by atoms with Crippen molar-refractivity contribution in [3.05, 3.63) is 46.2 Å². The number of thiazole rings is 1. The van der Waals surface area contributed by atoms with Crippen molar-refractivity contribution in [1.82, 2.24) is 10.3 Å². The third-order valence-electron chi connectivity index (χ3n) is 2.94. The van der Waals surface area contributed by atoms with Crippen molar-refractivity contribution < 1.29 is 9.13 Å². The standard InChI is InChI=1S/C14H17FN2OS/c1-10(16-7-6-13-17-8-9-19-13)14-11(15)4-3-5-12(14)18-2/h3-5,8-10,16H,6-7H2,1-2H3. The second-order valence-corrected chi connectivity index (χ2v) is 5.19. The van der Waals surface area contributed by atoms with Crippen molar-refractivity contribution in [2.45, 2.75) is 19.4 Å². The highest BCUT2D eigenvalue weighted by molar-refractivity contribution is 7.09. The summed E-state index contributed by atoms with van der Waals surface area (Å²) in [6.07, 6.45) is 2.64. The van der Waals surface area contributed by atoms with E-state index in [9.17, 15) is 4.39 Å². The topological polar surface area (TPSA) is 34.1 Å². The largest absolute Gasteiger partial charge is 0.496 e. The van der Waals surface area contributed by atoms with Crippen LogP contribution in [-0.2, 0) is 6.42 Å². The van der Waals surface area contributed by atoms with Gasteiger partial charge in [-0.1, -0.05) is 6.07 Å². The summed E-state index contributed by atoms with van der Waals surface area (Å²) in [5.74, 6) is 0.336. The predicted molar refractivity (Wildman–Crippen MR) is 75.2 cm³/mol. The van der Waals surface area contributed by atoms with Gasteiger partial charge in [-0.3, -0.25) is 0 Å². The fourth-order valence-electron chi connectivity index (χ4n) is 1.99. The third kappa shape index (κ3) is 3.52. The molecule has 0 amide bonds. The van der Waals surface area contributed by atoms with Crippen molar-refractivity contribution in [2.75, 3.05) is 13.7 Å². The molecule has 0 bridgehead atoms. The summed E-state index contributed by atoms with van der Waals surface area (Å²) in [6, 6.07) is 4.78. The zero-order valence-electron chi connectivity index (χ0n) is 11.0. The number of hydrogen-bond acceptors (Lipinski definition) is 4. The third-order valence-corrected chi connectivity index (χ3v) is 3.78. The molecule has 1 atom stereocenters. The van der Waals surface area contributed by atoms with E-state index < -0.39 is 0 Å². The van der Waals surface area contributed by atoms with E-state index in [1.807, 2.05) is 12.3 Å². The van der Waals surface area contributed by atoms with Crippen molar-refractivity contribution in [3.8, 4) is 5.75 Å². The number of halogens is 1. The molecule has 1 aromatic carbocycles. The Labute approximate surface area is 116 Å². The molecule has 1 N–H and O–H groups in total. The Morgan fingerprint density at radius 3 is 3.00 bits per heavy atom. The maximum absolute atomic E-state index is 13.9. The van der Waals surface area contributed by atoms with E-state index in [0.717, 1.165) is 18.0 Å². The molecule has 3 nitrogen and oxygen atoms in total. The van der Waals surface area contributed by atoms with Crippen LogP contribution in [0.15, 0.2) is 29.8 Å². The summed E-state index contributed by atoms with van der Waals surface area (Å²) < 4.78 is 19.1. The number of benzene rings is 1. The first-order chi connectivity index (χ1) is 9.22. The van der Waals surface area contributed by atoms with E-state index >= 15 is 0 Å². The van der Waals surface area contributed by atoms with Crippen molar-refractivity contribution in [2.24, 2.45) is 0 Å². The van der Waals surface area contributed by atoms with Crippen molar-refractivity contribution in [3.63, 3.8) is 0 Å². The second-order valence-electron chi connectivity index (χ2n) is 4.21. The maximum atomic E-state index is 13.9. The molecule has 2 aromatic rings. The molecule has 5 heteroatoms. The lowest BCUT2D eigenvalue weighted by Gasteiger charge is -2.17. The number of aromatic nitrogens is 1. The highest BCUT2D eigenvalue weighted by Gasteiger charge is 2.15. The highest BCUT2D eigenvalue weighted by atomic mass is 32.1. The molecule has 0 aliphatic carbocycles. The molecule has 0 spiro atoms. The smallest absolute Gasteiger partial charge is 0.131 e. The molecular formula is C14H17FN2OS. The normalized spacial score (nSPS) is 12.4. The highest BCUT2D eigenvalue weighted by Crippen LogP contribution is 2.27. The number of rotatable bonds is 6. The van der Waals surface area contributed by atoms with Gasteiger partial charge in [0.15, 0.2) is 0 Å². The van der Waals surface area contributed by atoms with Gasteiger partial charge in [0.2, 0.25) is 0 Å². The van der Waals surface area contributed by atoms with E-state index in [4.69, 9.17) is 4.74 Å². The Bertz CT molecular complexity index is 516. The zero-order chi connectivity index (χ0) is 13.7. The molecule has 19 heavy (non-hydrogen) atoms. The maximum Gasteiger partial charge on any atom is 0.131 e. The number of ether oxygens (including phenoxy) is 1. The second kappa shape index (κ2) is 6.63. The van der Waals surface area contributed by atoms with Crippen LogP contribution in [0.3, 0.4) is 0 Å². The summed E-state index contributed by atoms with van der Waals surface area (Å²) >= 11 is 1.63. The SMILES string of the molecule is COc1cccc(F)c1C(C)NCCc1nccs1. The van der Waals surface area contributed by atoms with Gasteiger partial charge in [0.25, 0.3) is 0 Å². The summed E-state index contributed by atoms with van der Waals surface area (Å²) in [5.41, 5.74) is 0.573. The molecule has 0 radical (unpaired) electrons. The summed E-state index contributed by atoms with van der Waals surface area (Å²) in [5, 5.41) is 6.34. The minimum absolute atomic E-state index is 0.101. The Balaban J connectivity index is 1.97. The van der Waals surface area contributed by atoms with Gasteiger partial charge in [0, 0.05) is 36.1 Å². The lowest BCUT2D eigenvalue weighted by molar-refractivity contribution is 0.394. The van der Waals surface area contributed by atoms with E-state index in [1.54, 1.807) is 36.8 Å². The van der Waals surface area contributed by atoms with E-state index in [2.05, 4.69) is 10.3 Å². The van der Waals surface area contributed by atoms with Crippen LogP contribution in [0.2, 0.25) is 0 Å². The van der Waals surface area contributed by atoms with Gasteiger partial charge < -0.3 is 10.1 Å². The van der Waals surface area contributed by atoms with Gasteiger partial charge in [-0.25, -0.2) is 9.37 Å². The average Bonchev–Trinajstić information content (AvgIpc) is 2.91. The van der Waals surface area contributed by atoms with Crippen LogP contribution in [-0.4, -0.2) is 18.6 Å². The Hall–Kier alpha value is -1.46. The van der Waals surface area contributed by atoms with Crippen LogP contribution in [0.25, 0.3) is 0 Å². The lowest BCUT2D eigenvalue weighted by atomic mass is 10.1. The molecule has 0 aliphatic heterocycles. The number of nitrogens with zero attached hydrogens (tertiary/aromatic N) is 1. The van der Waals surface area contributed by atoms with Gasteiger partial charge in [-0.15, -0.1) is 11.3 Å². The number of methoxy groups -OCH3 is 1. The summed E-state index contributed by atoms with van der Waals surface area (Å²) in [7, 11) is 1.56. The molecule has 0 saturated heterocycles. The van der Waals surface area contributed by atoms with Gasteiger partial charge in [0.05, 0.1) is 12.1 Å². The monoisotopic (exact) mass is 280 g/mol. The Kier molecular flexibility index (Phi) is 4.87. The molecule has 102 valence electrons. The van der Waals surface area contributed by atoms with E-state index in [1.165, 1.54) is 6.07 Å². The van der Waals surface area contributed by atoms with Crippen LogP contribution >= 0.6 is 11.3 Å². The summed E-state index contributed by atoms with van der Waals surface area (Å²) in [6.45, 7) is 2.69. The first-order valence-corrected chi connectivity index (χ1v) is 7.04. The molecule has 2 rings (SSSR count). The average molecular weight is 280 g/mol. The van der Waals surface area contributed by atoms with Crippen molar-refractivity contribution in [1.29, 1.82) is 0 Å². The lowest BCUT2D eigenvalue weighted by Crippen LogP contribution is -2.22. The van der Waals surface area contributed by atoms with E-state index in [-0.39, 0.29) is 11.9 Å². The van der Waals surface area contributed by atoms with Gasteiger partial charge >= 0.3 is 0 Å². The Morgan fingerprint density at radius 1 is 1.47 bits per heavy atom. The van der Waals surface area contributed by atoms with Crippen LogP contribution in [0, 0.1) is 5.82 Å². The number of hydrogen-bond donors (Lipinski definition) is 1. The quantitative estimate of drug-likeness (QED) is 0.882. The fourth-order valence-corrected chi connectivity index (χ4v) is 2.61. The van der Waals surface area contributed by atoms with Crippen LogP contribution in [0.4, 0.5) is 4.39 Å². The van der Waals surface area contributed by atoms with Crippen molar-refractivity contribution >= 4 is 11.3 Å². The molecule has 1 unspecified atom stereocenters. The molecule has 0 saturated carbocycles. The minimum Gasteiger partial charge on any atom is -0.496 e. The molecule has 1 heterocycles. The van der Waals surface area contributed by atoms with Crippen LogP contribution in [0.5, 0.6) is 5.75 Å². The van der Waals surface area contributed by atoms with E-state index in [0.29, 0.717) is 11.3 Å². The number of nitrogens with one attached hydrogen (secondary N) is 1. The van der Waals surface area contributed by atoms with Crippen LogP contribution < -0.4 is 10.1 Å². The Morgan fingerprint density at radius 2 is 2.32 bits per heavy atom. The van der Waals surface area contributed by atoms with Gasteiger partial charge in [-0.2, -0.15) is 0 Å². The fraction of sp³-hybridized carbons (Fsp3) is 0.357. The predicted octanol–water partition coefficient (Wildman–Crippen LogP) is 3.18. The molecule has 0 fully saturated rings. The molecule has 1 aromatic heterocycles. The summed E-state index contributed by atoms with van der Waals surface area (Å²) in [4.78, 5) is 4.22.